The summed E-state index contributed by atoms with van der Waals surface area (Å²) in [5.74, 6) is 0. The molecule has 0 atom stereocenters. The summed E-state index contributed by atoms with van der Waals surface area (Å²) in [7, 11) is -1.67. The molecule has 0 amide bonds. The molecule has 0 spiro atoms. The van der Waals surface area contributed by atoms with E-state index in [9.17, 15) is 8.42 Å². The van der Waals surface area contributed by atoms with E-state index in [1.165, 1.54) is 18.5 Å². The van der Waals surface area contributed by atoms with Gasteiger partial charge in [-0.05, 0) is 34.1 Å². The van der Waals surface area contributed by atoms with Crippen molar-refractivity contribution in [2.75, 3.05) is 0 Å². The molecule has 2 heterocycles. The van der Waals surface area contributed by atoms with Gasteiger partial charge < -0.3 is 4.57 Å². The number of hydrogen-bond acceptors (Lipinski definition) is 3. The van der Waals surface area contributed by atoms with Gasteiger partial charge in [0.15, 0.2) is 0 Å². The van der Waals surface area contributed by atoms with E-state index >= 15 is 0 Å². The first-order valence-corrected chi connectivity index (χ1v) is 7.47. The van der Waals surface area contributed by atoms with Gasteiger partial charge in [0.2, 0.25) is 10.0 Å². The normalized spacial score (nSPS) is 11.7. The van der Waals surface area contributed by atoms with Crippen LogP contribution in [0.25, 0.3) is 0 Å². The summed E-state index contributed by atoms with van der Waals surface area (Å²) < 4.78 is 29.0. The monoisotopic (exact) mass is 329 g/mol. The van der Waals surface area contributed by atoms with Gasteiger partial charge in [-0.15, -0.1) is 0 Å². The zero-order chi connectivity index (χ0) is 13.2. The predicted molar refractivity (Wildman–Crippen MR) is 71.4 cm³/mol. The molecule has 2 aromatic heterocycles. The van der Waals surface area contributed by atoms with Crippen LogP contribution in [0, 0.1) is 0 Å². The van der Waals surface area contributed by atoms with Crippen LogP contribution in [0.4, 0.5) is 0 Å². The summed E-state index contributed by atoms with van der Waals surface area (Å²) >= 11 is 3.20. The fourth-order valence-corrected chi connectivity index (χ4v) is 2.97. The largest absolute Gasteiger partial charge is 0.353 e. The van der Waals surface area contributed by atoms with Crippen molar-refractivity contribution in [1.82, 2.24) is 14.3 Å². The van der Waals surface area contributed by atoms with Crippen molar-refractivity contribution in [1.29, 1.82) is 0 Å². The van der Waals surface area contributed by atoms with Crippen molar-refractivity contribution in [2.45, 2.75) is 11.4 Å². The molecule has 5 nitrogen and oxygen atoms in total. The molecule has 0 unspecified atom stereocenters. The highest BCUT2D eigenvalue weighted by molar-refractivity contribution is 9.10. The molecule has 0 fully saturated rings. The Morgan fingerprint density at radius 1 is 1.44 bits per heavy atom. The van der Waals surface area contributed by atoms with Gasteiger partial charge in [-0.2, -0.15) is 0 Å². The number of aromatic nitrogens is 2. The summed E-state index contributed by atoms with van der Waals surface area (Å²) in [6.07, 6.45) is 4.72. The molecule has 2 aromatic rings. The number of nitrogens with one attached hydrogen (secondary N) is 1. The van der Waals surface area contributed by atoms with E-state index in [0.29, 0.717) is 4.47 Å². The molecule has 2 rings (SSSR count). The van der Waals surface area contributed by atoms with E-state index in [4.69, 9.17) is 0 Å². The topological polar surface area (TPSA) is 64.0 Å². The average Bonchev–Trinajstić information content (AvgIpc) is 2.72. The third kappa shape index (κ3) is 2.98. The number of hydrogen-bond donors (Lipinski definition) is 1. The van der Waals surface area contributed by atoms with Crippen LogP contribution in [-0.4, -0.2) is 18.0 Å². The Morgan fingerprint density at radius 3 is 2.83 bits per heavy atom. The average molecular weight is 330 g/mol. The Labute approximate surface area is 114 Å². The molecule has 0 aliphatic heterocycles. The lowest BCUT2D eigenvalue weighted by Gasteiger charge is -2.07. The van der Waals surface area contributed by atoms with Gasteiger partial charge in [-0.25, -0.2) is 13.1 Å². The second-order valence-corrected chi connectivity index (χ2v) is 6.46. The lowest BCUT2D eigenvalue weighted by atomic mass is 10.4. The molecule has 0 saturated carbocycles. The van der Waals surface area contributed by atoms with Gasteiger partial charge in [-0.3, -0.25) is 4.98 Å². The standard InChI is InChI=1S/C11H12BrN3O2S/c1-15-4-2-3-10(15)7-14-18(16,17)11-5-9(12)6-13-8-11/h2-6,8,14H,7H2,1H3. The van der Waals surface area contributed by atoms with Crippen LogP contribution in [0.5, 0.6) is 0 Å². The molecule has 0 aliphatic carbocycles. The molecule has 0 saturated heterocycles. The maximum atomic E-state index is 12.0. The van der Waals surface area contributed by atoms with Crippen molar-refractivity contribution in [3.8, 4) is 0 Å². The van der Waals surface area contributed by atoms with Crippen LogP contribution >= 0.6 is 15.9 Å². The summed E-state index contributed by atoms with van der Waals surface area (Å²) in [4.78, 5) is 3.99. The van der Waals surface area contributed by atoms with Gasteiger partial charge in [0.1, 0.15) is 4.90 Å². The molecular formula is C11H12BrN3O2S. The number of rotatable bonds is 4. The fourth-order valence-electron chi connectivity index (χ4n) is 1.47. The third-order valence-corrected chi connectivity index (χ3v) is 4.29. The van der Waals surface area contributed by atoms with Crippen LogP contribution in [-0.2, 0) is 23.6 Å². The van der Waals surface area contributed by atoms with Crippen molar-refractivity contribution >= 4 is 26.0 Å². The SMILES string of the molecule is Cn1cccc1CNS(=O)(=O)c1cncc(Br)c1. The first-order chi connectivity index (χ1) is 8.49. The number of aryl methyl sites for hydroxylation is 1. The molecule has 0 radical (unpaired) electrons. The molecule has 1 N–H and O–H groups in total. The zero-order valence-electron chi connectivity index (χ0n) is 9.67. The molecule has 18 heavy (non-hydrogen) atoms. The van der Waals surface area contributed by atoms with E-state index < -0.39 is 10.0 Å². The van der Waals surface area contributed by atoms with Crippen LogP contribution < -0.4 is 4.72 Å². The minimum absolute atomic E-state index is 0.145. The Bertz CT molecular complexity index is 652. The first-order valence-electron chi connectivity index (χ1n) is 5.19. The smallest absolute Gasteiger partial charge is 0.242 e. The van der Waals surface area contributed by atoms with Gasteiger partial charge in [0, 0.05) is 35.8 Å². The Balaban J connectivity index is 2.16. The first kappa shape index (κ1) is 13.3. The van der Waals surface area contributed by atoms with Crippen molar-refractivity contribution in [2.24, 2.45) is 7.05 Å². The Morgan fingerprint density at radius 2 is 2.22 bits per heavy atom. The minimum atomic E-state index is -3.53. The minimum Gasteiger partial charge on any atom is -0.353 e. The van der Waals surface area contributed by atoms with Gasteiger partial charge in [0.25, 0.3) is 0 Å². The lowest BCUT2D eigenvalue weighted by Crippen LogP contribution is -2.24. The summed E-state index contributed by atoms with van der Waals surface area (Å²) in [5.41, 5.74) is 0.890. The highest BCUT2D eigenvalue weighted by Crippen LogP contribution is 2.14. The summed E-state index contributed by atoms with van der Waals surface area (Å²) in [6, 6.07) is 5.24. The Kier molecular flexibility index (Phi) is 3.84. The quantitative estimate of drug-likeness (QED) is 0.927. The zero-order valence-corrected chi connectivity index (χ0v) is 12.1. The molecular weight excluding hydrogens is 318 g/mol. The highest BCUT2D eigenvalue weighted by atomic mass is 79.9. The second-order valence-electron chi connectivity index (χ2n) is 3.77. The maximum Gasteiger partial charge on any atom is 0.242 e. The number of nitrogens with zero attached hydrogens (tertiary/aromatic N) is 2. The van der Waals surface area contributed by atoms with E-state index in [1.54, 1.807) is 0 Å². The maximum absolute atomic E-state index is 12.0. The highest BCUT2D eigenvalue weighted by Gasteiger charge is 2.14. The van der Waals surface area contributed by atoms with Gasteiger partial charge >= 0.3 is 0 Å². The number of sulfonamides is 1. The third-order valence-electron chi connectivity index (χ3n) is 2.48. The summed E-state index contributed by atoms with van der Waals surface area (Å²) in [6.45, 7) is 0.248. The number of pyridine rings is 1. The van der Waals surface area contributed by atoms with E-state index in [0.717, 1.165) is 5.69 Å². The van der Waals surface area contributed by atoms with Crippen LogP contribution in [0.2, 0.25) is 0 Å². The lowest BCUT2D eigenvalue weighted by molar-refractivity contribution is 0.578. The van der Waals surface area contributed by atoms with E-state index in [1.807, 2.05) is 29.9 Å². The molecule has 0 aliphatic rings. The second kappa shape index (κ2) is 5.21. The van der Waals surface area contributed by atoms with E-state index in [2.05, 4.69) is 25.6 Å². The van der Waals surface area contributed by atoms with E-state index in [-0.39, 0.29) is 11.4 Å². The molecule has 0 aromatic carbocycles. The summed E-state index contributed by atoms with van der Waals surface area (Å²) in [5, 5.41) is 0. The van der Waals surface area contributed by atoms with Crippen molar-refractivity contribution < 1.29 is 8.42 Å². The predicted octanol–water partition coefficient (Wildman–Crippen LogP) is 1.66. The molecule has 0 bridgehead atoms. The molecule has 96 valence electrons. The Hall–Kier alpha value is -1.18. The van der Waals surface area contributed by atoms with Crippen molar-refractivity contribution in [3.05, 3.63) is 47.0 Å². The van der Waals surface area contributed by atoms with Crippen LogP contribution in [0.1, 0.15) is 5.69 Å². The van der Waals surface area contributed by atoms with Gasteiger partial charge in [-0.1, -0.05) is 0 Å². The van der Waals surface area contributed by atoms with Crippen molar-refractivity contribution in [3.63, 3.8) is 0 Å². The van der Waals surface area contributed by atoms with Gasteiger partial charge in [0.05, 0.1) is 6.54 Å². The van der Waals surface area contributed by atoms with Crippen LogP contribution in [0.15, 0.2) is 46.2 Å². The number of halogens is 1. The fraction of sp³-hybridized carbons (Fsp3) is 0.182. The van der Waals surface area contributed by atoms with Crippen LogP contribution in [0.3, 0.4) is 0 Å². The molecule has 7 heteroatoms.